The number of halogens is 4. The van der Waals surface area contributed by atoms with Gasteiger partial charge in [0, 0.05) is 37.0 Å². The predicted octanol–water partition coefficient (Wildman–Crippen LogP) is 4.82. The summed E-state index contributed by atoms with van der Waals surface area (Å²) < 4.78 is 37.8. The highest BCUT2D eigenvalue weighted by atomic mass is 127. The lowest BCUT2D eigenvalue weighted by molar-refractivity contribution is -0.140. The number of carbonyl (C=O) groups excluding carboxylic acids is 1. The maximum atomic E-state index is 12.6. The number of nitrogens with one attached hydrogen (secondary N) is 3. The van der Waals surface area contributed by atoms with E-state index in [9.17, 15) is 18.0 Å². The third kappa shape index (κ3) is 9.85. The molecule has 0 atom stereocenters. The average Bonchev–Trinajstić information content (AvgIpc) is 3.17. The molecular formula is C20H27F3IN5OS. The molecule has 0 bridgehead atoms. The molecular weight excluding hydrogens is 542 g/mol. The monoisotopic (exact) mass is 569 g/mol. The van der Waals surface area contributed by atoms with Crippen LogP contribution in [0.3, 0.4) is 0 Å². The Morgan fingerprint density at radius 2 is 1.87 bits per heavy atom. The fourth-order valence-corrected chi connectivity index (χ4v) is 3.30. The van der Waals surface area contributed by atoms with E-state index in [2.05, 4.69) is 25.9 Å². The summed E-state index contributed by atoms with van der Waals surface area (Å²) in [6.07, 6.45) is -2.75. The number of benzene rings is 1. The van der Waals surface area contributed by atoms with Gasteiger partial charge in [-0.2, -0.15) is 13.2 Å². The van der Waals surface area contributed by atoms with Gasteiger partial charge in [-0.3, -0.25) is 4.79 Å². The third-order valence-electron chi connectivity index (χ3n) is 3.95. The first-order chi connectivity index (χ1) is 14.3. The molecule has 0 radical (unpaired) electrons. The number of hydrogen-bond donors (Lipinski definition) is 3. The molecule has 3 N–H and O–H groups in total. The molecule has 0 aliphatic carbocycles. The third-order valence-corrected chi connectivity index (χ3v) is 4.86. The van der Waals surface area contributed by atoms with Crippen LogP contribution in [0.2, 0.25) is 0 Å². The van der Waals surface area contributed by atoms with Crippen molar-refractivity contribution in [3.8, 4) is 0 Å². The molecule has 1 amide bonds. The van der Waals surface area contributed by atoms with E-state index in [0.717, 1.165) is 34.4 Å². The van der Waals surface area contributed by atoms with E-state index in [0.29, 0.717) is 43.4 Å². The summed E-state index contributed by atoms with van der Waals surface area (Å²) in [7, 11) is 0. The molecule has 1 aromatic heterocycles. The fraction of sp³-hybridized carbons (Fsp3) is 0.450. The topological polar surface area (TPSA) is 78.4 Å². The zero-order valence-corrected chi connectivity index (χ0v) is 20.5. The van der Waals surface area contributed by atoms with E-state index in [1.807, 2.05) is 38.1 Å². The van der Waals surface area contributed by atoms with Crippen molar-refractivity contribution in [2.75, 3.05) is 18.4 Å². The summed E-state index contributed by atoms with van der Waals surface area (Å²) in [5, 5.41) is 10.5. The average molecular weight is 569 g/mol. The summed E-state index contributed by atoms with van der Waals surface area (Å²) in [6, 6.07) is 7.45. The minimum Gasteiger partial charge on any atom is -0.357 e. The van der Waals surface area contributed by atoms with Crippen LogP contribution in [0.25, 0.3) is 0 Å². The van der Waals surface area contributed by atoms with E-state index in [1.54, 1.807) is 0 Å². The Hall–Kier alpha value is -1.89. The van der Waals surface area contributed by atoms with Gasteiger partial charge in [0.25, 0.3) is 0 Å². The molecule has 0 saturated carbocycles. The van der Waals surface area contributed by atoms with E-state index < -0.39 is 11.9 Å². The molecule has 11 heteroatoms. The number of aromatic nitrogens is 1. The van der Waals surface area contributed by atoms with Crippen LogP contribution >= 0.6 is 35.3 Å². The molecule has 172 valence electrons. The first-order valence-electron chi connectivity index (χ1n) is 9.74. The highest BCUT2D eigenvalue weighted by molar-refractivity contribution is 14.0. The minimum atomic E-state index is -4.41. The van der Waals surface area contributed by atoms with Crippen molar-refractivity contribution < 1.29 is 18.0 Å². The van der Waals surface area contributed by atoms with Crippen molar-refractivity contribution >= 4 is 52.9 Å². The number of thiazole rings is 1. The van der Waals surface area contributed by atoms with Crippen LogP contribution in [0.4, 0.5) is 18.9 Å². The maximum absolute atomic E-state index is 12.6. The Labute approximate surface area is 201 Å². The summed E-state index contributed by atoms with van der Waals surface area (Å²) in [5.74, 6) is 0.565. The number of rotatable bonds is 9. The van der Waals surface area contributed by atoms with Gasteiger partial charge >= 0.3 is 6.18 Å². The number of aliphatic imine (C=N–C) groups is 1. The number of carbonyl (C=O) groups is 1. The SMILES string of the molecule is CCCC(=O)Nc1ccc(CN=C(NCC)NCCc2nc(C(F)(F)F)cs2)cc1.I. The van der Waals surface area contributed by atoms with Crippen molar-refractivity contribution in [1.29, 1.82) is 0 Å². The van der Waals surface area contributed by atoms with Crippen molar-refractivity contribution in [3.05, 3.63) is 45.9 Å². The number of anilines is 1. The Kier molecular flexibility index (Phi) is 11.8. The van der Waals surface area contributed by atoms with Crippen LogP contribution in [-0.4, -0.2) is 29.9 Å². The second-order valence-electron chi connectivity index (χ2n) is 6.49. The number of guanidine groups is 1. The maximum Gasteiger partial charge on any atom is 0.434 e. The molecule has 0 saturated heterocycles. The van der Waals surface area contributed by atoms with E-state index in [1.165, 1.54) is 0 Å². The zero-order valence-electron chi connectivity index (χ0n) is 17.4. The van der Waals surface area contributed by atoms with Crippen LogP contribution in [0.5, 0.6) is 0 Å². The second kappa shape index (κ2) is 13.5. The van der Waals surface area contributed by atoms with Crippen LogP contribution in [-0.2, 0) is 23.9 Å². The van der Waals surface area contributed by atoms with Gasteiger partial charge in [0.2, 0.25) is 5.91 Å². The summed E-state index contributed by atoms with van der Waals surface area (Å²) in [4.78, 5) is 19.7. The first-order valence-corrected chi connectivity index (χ1v) is 10.6. The second-order valence-corrected chi connectivity index (χ2v) is 7.43. The number of hydrogen-bond acceptors (Lipinski definition) is 4. The molecule has 2 aromatic rings. The molecule has 0 unspecified atom stereocenters. The Bertz CT molecular complexity index is 840. The van der Waals surface area contributed by atoms with Gasteiger partial charge in [-0.05, 0) is 31.0 Å². The molecule has 0 spiro atoms. The quantitative estimate of drug-likeness (QED) is 0.230. The molecule has 6 nitrogen and oxygen atoms in total. The molecule has 1 aromatic carbocycles. The normalized spacial score (nSPS) is 11.6. The van der Waals surface area contributed by atoms with Gasteiger partial charge in [0.1, 0.15) is 0 Å². The molecule has 0 aliphatic rings. The summed E-state index contributed by atoms with van der Waals surface area (Å²) >= 11 is 0.999. The lowest BCUT2D eigenvalue weighted by Gasteiger charge is -2.11. The van der Waals surface area contributed by atoms with Crippen molar-refractivity contribution in [3.63, 3.8) is 0 Å². The van der Waals surface area contributed by atoms with Gasteiger partial charge in [-0.25, -0.2) is 9.98 Å². The Morgan fingerprint density at radius 3 is 2.45 bits per heavy atom. The molecule has 2 rings (SSSR count). The molecule has 31 heavy (non-hydrogen) atoms. The summed E-state index contributed by atoms with van der Waals surface area (Å²) in [5.41, 5.74) is 0.862. The molecule has 0 fully saturated rings. The largest absolute Gasteiger partial charge is 0.434 e. The van der Waals surface area contributed by atoms with Gasteiger partial charge in [0.15, 0.2) is 11.7 Å². The lowest BCUT2D eigenvalue weighted by Crippen LogP contribution is -2.38. The standard InChI is InChI=1S/C20H26F3N5OS.HI/c1-3-5-17(29)27-15-8-6-14(7-9-15)12-26-19(24-4-2)25-11-10-18-28-16(13-30-18)20(21,22)23;/h6-9,13H,3-5,10-12H2,1-2H3,(H,27,29)(H2,24,25,26);1H. The van der Waals surface area contributed by atoms with Gasteiger partial charge in [0.05, 0.1) is 11.6 Å². The van der Waals surface area contributed by atoms with Crippen molar-refractivity contribution in [2.45, 2.75) is 45.8 Å². The number of amides is 1. The van der Waals surface area contributed by atoms with Crippen LogP contribution in [0.15, 0.2) is 34.6 Å². The summed E-state index contributed by atoms with van der Waals surface area (Å²) in [6.45, 7) is 5.38. The van der Waals surface area contributed by atoms with Gasteiger partial charge in [-0.15, -0.1) is 35.3 Å². The zero-order chi connectivity index (χ0) is 22.0. The molecule has 0 aliphatic heterocycles. The number of nitrogens with zero attached hydrogens (tertiary/aromatic N) is 2. The van der Waals surface area contributed by atoms with Crippen LogP contribution in [0.1, 0.15) is 43.0 Å². The van der Waals surface area contributed by atoms with E-state index in [4.69, 9.17) is 0 Å². The Morgan fingerprint density at radius 1 is 1.16 bits per heavy atom. The smallest absolute Gasteiger partial charge is 0.357 e. The molecule has 1 heterocycles. The fourth-order valence-electron chi connectivity index (χ4n) is 2.50. The van der Waals surface area contributed by atoms with Gasteiger partial charge in [-0.1, -0.05) is 19.1 Å². The lowest BCUT2D eigenvalue weighted by atomic mass is 10.2. The van der Waals surface area contributed by atoms with Crippen molar-refractivity contribution in [2.24, 2.45) is 4.99 Å². The Balaban J connectivity index is 0.00000480. The minimum absolute atomic E-state index is 0. The highest BCUT2D eigenvalue weighted by Gasteiger charge is 2.33. The van der Waals surface area contributed by atoms with E-state index >= 15 is 0 Å². The van der Waals surface area contributed by atoms with Crippen LogP contribution in [0, 0.1) is 0 Å². The van der Waals surface area contributed by atoms with E-state index in [-0.39, 0.29) is 29.9 Å². The first kappa shape index (κ1) is 27.1. The number of alkyl halides is 3. The predicted molar refractivity (Wildman–Crippen MR) is 129 cm³/mol. The van der Waals surface area contributed by atoms with Gasteiger partial charge < -0.3 is 16.0 Å². The highest BCUT2D eigenvalue weighted by Crippen LogP contribution is 2.30. The van der Waals surface area contributed by atoms with Crippen molar-refractivity contribution in [1.82, 2.24) is 15.6 Å². The van der Waals surface area contributed by atoms with Crippen LogP contribution < -0.4 is 16.0 Å².